The number of aryl methyl sites for hydroxylation is 3. The molecular formula is C17H19N9O2. The van der Waals surface area contributed by atoms with Crippen molar-refractivity contribution in [2.75, 3.05) is 12.3 Å². The second-order valence-electron chi connectivity index (χ2n) is 6.40. The summed E-state index contributed by atoms with van der Waals surface area (Å²) >= 11 is 0. The minimum Gasteiger partial charge on any atom is -0.465 e. The molecule has 0 atom stereocenters. The van der Waals surface area contributed by atoms with Crippen LogP contribution in [0, 0.1) is 13.8 Å². The first kappa shape index (κ1) is 17.8. The van der Waals surface area contributed by atoms with Gasteiger partial charge in [-0.05, 0) is 26.3 Å². The Morgan fingerprint density at radius 2 is 2.07 bits per heavy atom. The van der Waals surface area contributed by atoms with Crippen molar-refractivity contribution in [3.63, 3.8) is 0 Å². The molecule has 144 valence electrons. The van der Waals surface area contributed by atoms with Crippen molar-refractivity contribution in [3.8, 4) is 0 Å². The molecule has 0 bridgehead atoms. The second kappa shape index (κ2) is 7.18. The lowest BCUT2D eigenvalue weighted by Crippen LogP contribution is -2.12. The van der Waals surface area contributed by atoms with E-state index in [0.29, 0.717) is 41.5 Å². The number of nitrogens with two attached hydrogens (primary N) is 1. The van der Waals surface area contributed by atoms with Crippen molar-refractivity contribution >= 4 is 28.7 Å². The zero-order valence-electron chi connectivity index (χ0n) is 15.5. The number of aromatic nitrogens is 8. The quantitative estimate of drug-likeness (QED) is 0.376. The van der Waals surface area contributed by atoms with Crippen LogP contribution in [0.5, 0.6) is 0 Å². The number of hydrogen-bond donors (Lipinski definition) is 1. The molecule has 0 unspecified atom stereocenters. The lowest BCUT2D eigenvalue weighted by Gasteiger charge is -2.05. The van der Waals surface area contributed by atoms with Crippen molar-refractivity contribution < 1.29 is 9.53 Å². The fourth-order valence-electron chi connectivity index (χ4n) is 2.95. The molecule has 2 N–H and O–H groups in total. The summed E-state index contributed by atoms with van der Waals surface area (Å²) in [5, 5.41) is 4.31. The number of imidazole rings is 1. The first-order chi connectivity index (χ1) is 13.5. The fourth-order valence-corrected chi connectivity index (χ4v) is 2.95. The highest BCUT2D eigenvalue weighted by molar-refractivity contribution is 5.81. The lowest BCUT2D eigenvalue weighted by molar-refractivity contribution is -0.143. The Labute approximate surface area is 159 Å². The molecule has 0 spiro atoms. The molecule has 11 nitrogen and oxygen atoms in total. The van der Waals surface area contributed by atoms with Gasteiger partial charge in [0.15, 0.2) is 17.3 Å². The standard InChI is InChI=1S/C17H19N9O2/c1-10-6-11(2)26-17(22-10)23-12(24-26)7-13(27)28-5-3-4-25-9-21-14-15(18)19-8-20-16(14)25/h6,8-9H,3-5,7H2,1-2H3,(H2,18,19,20). The molecule has 0 saturated carbocycles. The average Bonchev–Trinajstić information content (AvgIpc) is 3.23. The Kier molecular flexibility index (Phi) is 4.55. The van der Waals surface area contributed by atoms with Gasteiger partial charge in [-0.15, -0.1) is 5.10 Å². The van der Waals surface area contributed by atoms with Crippen molar-refractivity contribution in [3.05, 3.63) is 35.9 Å². The molecule has 4 rings (SSSR count). The summed E-state index contributed by atoms with van der Waals surface area (Å²) in [6.45, 7) is 4.66. The summed E-state index contributed by atoms with van der Waals surface area (Å²) in [6.07, 6.45) is 3.66. The number of ether oxygens (including phenoxy) is 1. The largest absolute Gasteiger partial charge is 0.465 e. The molecule has 0 radical (unpaired) electrons. The molecule has 0 aliphatic carbocycles. The predicted octanol–water partition coefficient (Wildman–Crippen LogP) is 0.639. The van der Waals surface area contributed by atoms with E-state index in [0.717, 1.165) is 11.4 Å². The third kappa shape index (κ3) is 3.46. The maximum Gasteiger partial charge on any atom is 0.313 e. The fraction of sp³-hybridized carbons (Fsp3) is 0.353. The highest BCUT2D eigenvalue weighted by atomic mass is 16.5. The van der Waals surface area contributed by atoms with Crippen LogP contribution in [0.15, 0.2) is 18.7 Å². The van der Waals surface area contributed by atoms with E-state index in [1.165, 1.54) is 6.33 Å². The van der Waals surface area contributed by atoms with Crippen LogP contribution in [0.1, 0.15) is 23.6 Å². The van der Waals surface area contributed by atoms with Gasteiger partial charge in [0.1, 0.15) is 18.3 Å². The number of rotatable bonds is 6. The summed E-state index contributed by atoms with van der Waals surface area (Å²) in [5.41, 5.74) is 8.75. The van der Waals surface area contributed by atoms with Crippen molar-refractivity contribution in [1.82, 2.24) is 39.1 Å². The third-order valence-corrected chi connectivity index (χ3v) is 4.20. The zero-order valence-corrected chi connectivity index (χ0v) is 15.5. The van der Waals surface area contributed by atoms with Gasteiger partial charge in [0, 0.05) is 17.9 Å². The van der Waals surface area contributed by atoms with Gasteiger partial charge in [-0.25, -0.2) is 24.5 Å². The Bertz CT molecular complexity index is 1160. The van der Waals surface area contributed by atoms with Gasteiger partial charge in [0.05, 0.1) is 12.9 Å². The monoisotopic (exact) mass is 381 g/mol. The summed E-state index contributed by atoms with van der Waals surface area (Å²) in [4.78, 5) is 33.0. The molecule has 28 heavy (non-hydrogen) atoms. The van der Waals surface area contributed by atoms with Gasteiger partial charge in [-0.3, -0.25) is 4.79 Å². The SMILES string of the molecule is Cc1cc(C)n2nc(CC(=O)OCCCn3cnc4c(N)ncnc43)nc2n1. The number of fused-ring (bicyclic) bond motifs is 2. The molecule has 0 amide bonds. The number of carbonyl (C=O) groups excluding carboxylic acids is 1. The first-order valence-corrected chi connectivity index (χ1v) is 8.78. The van der Waals surface area contributed by atoms with Crippen LogP contribution in [0.25, 0.3) is 16.9 Å². The number of anilines is 1. The topological polar surface area (TPSA) is 139 Å². The van der Waals surface area contributed by atoms with Crippen LogP contribution in [0.4, 0.5) is 5.82 Å². The average molecular weight is 381 g/mol. The van der Waals surface area contributed by atoms with Crippen molar-refractivity contribution in [1.29, 1.82) is 0 Å². The van der Waals surface area contributed by atoms with E-state index in [2.05, 4.69) is 30.0 Å². The Hall–Kier alpha value is -3.63. The predicted molar refractivity (Wildman–Crippen MR) is 99.3 cm³/mol. The van der Waals surface area contributed by atoms with E-state index in [4.69, 9.17) is 10.5 Å². The van der Waals surface area contributed by atoms with E-state index >= 15 is 0 Å². The van der Waals surface area contributed by atoms with Gasteiger partial charge in [-0.2, -0.15) is 4.98 Å². The Balaban J connectivity index is 1.31. The maximum absolute atomic E-state index is 12.1. The number of carbonyl (C=O) groups is 1. The summed E-state index contributed by atoms with van der Waals surface area (Å²) in [5.74, 6) is 0.829. The lowest BCUT2D eigenvalue weighted by atomic mass is 10.4. The van der Waals surface area contributed by atoms with E-state index in [1.54, 1.807) is 10.8 Å². The summed E-state index contributed by atoms with van der Waals surface area (Å²) in [7, 11) is 0. The molecule has 11 heteroatoms. The Morgan fingerprint density at radius 3 is 2.93 bits per heavy atom. The highest BCUT2D eigenvalue weighted by Gasteiger charge is 2.13. The van der Waals surface area contributed by atoms with Gasteiger partial charge >= 0.3 is 5.97 Å². The molecule has 0 saturated heterocycles. The molecular weight excluding hydrogens is 362 g/mol. The normalized spacial score (nSPS) is 11.4. The van der Waals surface area contributed by atoms with Crippen molar-refractivity contribution in [2.45, 2.75) is 33.2 Å². The molecule has 4 heterocycles. The van der Waals surface area contributed by atoms with Gasteiger partial charge in [-0.1, -0.05) is 0 Å². The highest BCUT2D eigenvalue weighted by Crippen LogP contribution is 2.14. The third-order valence-electron chi connectivity index (χ3n) is 4.20. The van der Waals surface area contributed by atoms with Crippen LogP contribution in [0.2, 0.25) is 0 Å². The number of hydrogen-bond acceptors (Lipinski definition) is 9. The smallest absolute Gasteiger partial charge is 0.313 e. The van der Waals surface area contributed by atoms with Gasteiger partial charge in [0.2, 0.25) is 0 Å². The van der Waals surface area contributed by atoms with Crippen LogP contribution >= 0.6 is 0 Å². The number of nitrogens with zero attached hydrogens (tertiary/aromatic N) is 8. The van der Waals surface area contributed by atoms with Gasteiger partial charge < -0.3 is 15.0 Å². The molecule has 0 aromatic carbocycles. The van der Waals surface area contributed by atoms with Gasteiger partial charge in [0.25, 0.3) is 5.78 Å². The maximum atomic E-state index is 12.1. The zero-order chi connectivity index (χ0) is 19.7. The van der Waals surface area contributed by atoms with Crippen molar-refractivity contribution in [2.24, 2.45) is 0 Å². The summed E-state index contributed by atoms with van der Waals surface area (Å²) < 4.78 is 8.76. The summed E-state index contributed by atoms with van der Waals surface area (Å²) in [6, 6.07) is 1.90. The van der Waals surface area contributed by atoms with E-state index < -0.39 is 0 Å². The Morgan fingerprint density at radius 1 is 1.21 bits per heavy atom. The second-order valence-corrected chi connectivity index (χ2v) is 6.40. The molecule has 0 aliphatic heterocycles. The first-order valence-electron chi connectivity index (χ1n) is 8.78. The minimum atomic E-state index is -0.382. The molecule has 4 aromatic rings. The van der Waals surface area contributed by atoms with E-state index in [9.17, 15) is 4.79 Å². The number of esters is 1. The van der Waals surface area contributed by atoms with Crippen LogP contribution in [-0.2, 0) is 22.5 Å². The van der Waals surface area contributed by atoms with E-state index in [1.807, 2.05) is 24.5 Å². The van der Waals surface area contributed by atoms with Crippen LogP contribution in [-0.4, -0.2) is 51.7 Å². The van der Waals surface area contributed by atoms with E-state index in [-0.39, 0.29) is 19.0 Å². The molecule has 4 aromatic heterocycles. The molecule has 0 fully saturated rings. The molecule has 0 aliphatic rings. The van der Waals surface area contributed by atoms with Crippen LogP contribution in [0.3, 0.4) is 0 Å². The number of nitrogen functional groups attached to an aromatic ring is 1. The minimum absolute atomic E-state index is 0.000385. The van der Waals surface area contributed by atoms with Crippen LogP contribution < -0.4 is 5.73 Å².